The van der Waals surface area contributed by atoms with Crippen molar-refractivity contribution in [3.8, 4) is 0 Å². The van der Waals surface area contributed by atoms with Gasteiger partial charge in [0.25, 0.3) is 0 Å². The van der Waals surface area contributed by atoms with Crippen molar-refractivity contribution in [2.24, 2.45) is 0 Å². The molecule has 0 aliphatic carbocycles. The van der Waals surface area contributed by atoms with Crippen LogP contribution >= 0.6 is 27.5 Å². The van der Waals surface area contributed by atoms with Crippen LogP contribution < -0.4 is 0 Å². The SMILES string of the molecule is O=S(=O)(c1cnc(Cl)c(Br)c1)N1CCCC1. The first kappa shape index (κ1) is 12.3. The highest BCUT2D eigenvalue weighted by Crippen LogP contribution is 2.26. The summed E-state index contributed by atoms with van der Waals surface area (Å²) in [5, 5.41) is 0.264. The van der Waals surface area contributed by atoms with E-state index in [0.717, 1.165) is 12.8 Å². The highest BCUT2D eigenvalue weighted by molar-refractivity contribution is 9.10. The molecule has 0 unspecified atom stereocenters. The zero-order chi connectivity index (χ0) is 11.8. The third-order valence-electron chi connectivity index (χ3n) is 2.47. The molecule has 0 atom stereocenters. The van der Waals surface area contributed by atoms with E-state index in [4.69, 9.17) is 11.6 Å². The van der Waals surface area contributed by atoms with Gasteiger partial charge in [-0.2, -0.15) is 4.31 Å². The van der Waals surface area contributed by atoms with Gasteiger partial charge in [-0.25, -0.2) is 13.4 Å². The normalized spacial score (nSPS) is 17.9. The van der Waals surface area contributed by atoms with Crippen LogP contribution in [0.25, 0.3) is 0 Å². The average molecular weight is 326 g/mol. The van der Waals surface area contributed by atoms with Crippen LogP contribution in [0.5, 0.6) is 0 Å². The minimum Gasteiger partial charge on any atom is -0.242 e. The minimum atomic E-state index is -3.40. The molecule has 0 N–H and O–H groups in total. The maximum Gasteiger partial charge on any atom is 0.244 e. The van der Waals surface area contributed by atoms with E-state index < -0.39 is 10.0 Å². The van der Waals surface area contributed by atoms with Gasteiger partial charge in [-0.3, -0.25) is 0 Å². The third kappa shape index (κ3) is 2.25. The van der Waals surface area contributed by atoms with Gasteiger partial charge >= 0.3 is 0 Å². The Morgan fingerprint density at radius 3 is 2.56 bits per heavy atom. The van der Waals surface area contributed by atoms with Crippen molar-refractivity contribution in [3.63, 3.8) is 0 Å². The summed E-state index contributed by atoms with van der Waals surface area (Å²) in [7, 11) is -3.40. The van der Waals surface area contributed by atoms with Crippen LogP contribution in [0.1, 0.15) is 12.8 Å². The van der Waals surface area contributed by atoms with Crippen molar-refractivity contribution in [1.29, 1.82) is 0 Å². The van der Waals surface area contributed by atoms with Gasteiger partial charge < -0.3 is 0 Å². The van der Waals surface area contributed by atoms with Gasteiger partial charge in [-0.1, -0.05) is 11.6 Å². The van der Waals surface area contributed by atoms with E-state index in [-0.39, 0.29) is 10.0 Å². The number of rotatable bonds is 2. The van der Waals surface area contributed by atoms with Crippen LogP contribution in [-0.4, -0.2) is 30.8 Å². The number of nitrogens with zero attached hydrogens (tertiary/aromatic N) is 2. The molecule has 2 rings (SSSR count). The van der Waals surface area contributed by atoms with Gasteiger partial charge in [-0.05, 0) is 34.8 Å². The molecule has 0 spiro atoms. The van der Waals surface area contributed by atoms with Crippen molar-refractivity contribution in [1.82, 2.24) is 9.29 Å². The monoisotopic (exact) mass is 324 g/mol. The first-order chi connectivity index (χ1) is 7.51. The standard InChI is InChI=1S/C9H10BrClN2O2S/c10-8-5-7(6-12-9(8)11)16(14,15)13-3-1-2-4-13/h5-6H,1-4H2. The summed E-state index contributed by atoms with van der Waals surface area (Å²) in [5.74, 6) is 0. The van der Waals surface area contributed by atoms with Gasteiger partial charge in [0.05, 0.1) is 4.47 Å². The molecular weight excluding hydrogens is 316 g/mol. The van der Waals surface area contributed by atoms with Crippen LogP contribution in [0, 0.1) is 0 Å². The van der Waals surface area contributed by atoms with E-state index in [1.165, 1.54) is 16.6 Å². The Balaban J connectivity index is 2.39. The molecule has 0 saturated carbocycles. The molecule has 2 heterocycles. The van der Waals surface area contributed by atoms with Gasteiger partial charge in [0.2, 0.25) is 10.0 Å². The molecule has 88 valence electrons. The number of sulfonamides is 1. The van der Waals surface area contributed by atoms with Crippen LogP contribution in [-0.2, 0) is 10.0 Å². The van der Waals surface area contributed by atoms with Gasteiger partial charge in [0.1, 0.15) is 10.0 Å². The van der Waals surface area contributed by atoms with Crippen molar-refractivity contribution >= 4 is 37.6 Å². The Morgan fingerprint density at radius 2 is 2.00 bits per heavy atom. The Kier molecular flexibility index (Phi) is 3.53. The highest BCUT2D eigenvalue weighted by Gasteiger charge is 2.27. The fourth-order valence-electron chi connectivity index (χ4n) is 1.62. The molecule has 1 fully saturated rings. The van der Waals surface area contributed by atoms with Crippen LogP contribution in [0.3, 0.4) is 0 Å². The molecule has 16 heavy (non-hydrogen) atoms. The second-order valence-electron chi connectivity index (χ2n) is 3.55. The molecule has 1 aromatic heterocycles. The molecule has 0 bridgehead atoms. The van der Waals surface area contributed by atoms with Crippen LogP contribution in [0.2, 0.25) is 5.15 Å². The molecule has 0 amide bonds. The molecule has 0 radical (unpaired) electrons. The topological polar surface area (TPSA) is 50.3 Å². The predicted octanol–water partition coefficient (Wildman–Crippen LogP) is 2.28. The smallest absolute Gasteiger partial charge is 0.242 e. The fourth-order valence-corrected chi connectivity index (χ4v) is 3.72. The zero-order valence-corrected chi connectivity index (χ0v) is 11.5. The molecule has 1 aliphatic heterocycles. The second kappa shape index (κ2) is 4.60. The predicted molar refractivity (Wildman–Crippen MR) is 64.9 cm³/mol. The van der Waals surface area contributed by atoms with E-state index in [2.05, 4.69) is 20.9 Å². The molecule has 7 heteroatoms. The molecule has 4 nitrogen and oxygen atoms in total. The van der Waals surface area contributed by atoms with Crippen LogP contribution in [0.15, 0.2) is 21.6 Å². The van der Waals surface area contributed by atoms with Crippen molar-refractivity contribution in [2.75, 3.05) is 13.1 Å². The quantitative estimate of drug-likeness (QED) is 0.784. The molecule has 0 aromatic carbocycles. The number of hydrogen-bond donors (Lipinski definition) is 0. The van der Waals surface area contributed by atoms with Gasteiger partial charge in [-0.15, -0.1) is 0 Å². The molecular formula is C9H10BrClN2O2S. The molecule has 1 aromatic rings. The Bertz CT molecular complexity index is 500. The highest BCUT2D eigenvalue weighted by atomic mass is 79.9. The minimum absolute atomic E-state index is 0.186. The number of aromatic nitrogens is 1. The summed E-state index contributed by atoms with van der Waals surface area (Å²) < 4.78 is 26.2. The summed E-state index contributed by atoms with van der Waals surface area (Å²) in [6.07, 6.45) is 3.13. The Hall–Kier alpha value is -0.170. The summed E-state index contributed by atoms with van der Waals surface area (Å²) in [5.41, 5.74) is 0. The lowest BCUT2D eigenvalue weighted by Gasteiger charge is -2.15. The lowest BCUT2D eigenvalue weighted by atomic mass is 10.4. The summed E-state index contributed by atoms with van der Waals surface area (Å²) in [4.78, 5) is 4.01. The molecule has 1 aliphatic rings. The summed E-state index contributed by atoms with van der Waals surface area (Å²) in [6, 6.07) is 1.49. The van der Waals surface area contributed by atoms with Gasteiger partial charge in [0.15, 0.2) is 0 Å². The zero-order valence-electron chi connectivity index (χ0n) is 8.36. The van der Waals surface area contributed by atoms with Crippen molar-refractivity contribution < 1.29 is 8.42 Å². The summed E-state index contributed by atoms with van der Waals surface area (Å²) in [6.45, 7) is 1.17. The maximum atomic E-state index is 12.1. The van der Waals surface area contributed by atoms with E-state index in [9.17, 15) is 8.42 Å². The van der Waals surface area contributed by atoms with E-state index in [1.807, 2.05) is 0 Å². The van der Waals surface area contributed by atoms with E-state index >= 15 is 0 Å². The Morgan fingerprint density at radius 1 is 1.38 bits per heavy atom. The number of hydrogen-bond acceptors (Lipinski definition) is 3. The first-order valence-electron chi connectivity index (χ1n) is 4.83. The lowest BCUT2D eigenvalue weighted by molar-refractivity contribution is 0.477. The third-order valence-corrected chi connectivity index (χ3v) is 5.47. The van der Waals surface area contributed by atoms with Crippen molar-refractivity contribution in [3.05, 3.63) is 21.9 Å². The van der Waals surface area contributed by atoms with Crippen LogP contribution in [0.4, 0.5) is 0 Å². The lowest BCUT2D eigenvalue weighted by Crippen LogP contribution is -2.27. The maximum absolute atomic E-state index is 12.1. The summed E-state index contributed by atoms with van der Waals surface area (Å²) >= 11 is 8.89. The number of pyridine rings is 1. The van der Waals surface area contributed by atoms with Gasteiger partial charge in [0, 0.05) is 19.3 Å². The van der Waals surface area contributed by atoms with Crippen molar-refractivity contribution in [2.45, 2.75) is 17.7 Å². The fraction of sp³-hybridized carbons (Fsp3) is 0.444. The van der Waals surface area contributed by atoms with E-state index in [0.29, 0.717) is 17.6 Å². The second-order valence-corrected chi connectivity index (χ2v) is 6.71. The Labute approximate surface area is 108 Å². The largest absolute Gasteiger partial charge is 0.244 e. The van der Waals surface area contributed by atoms with E-state index in [1.54, 1.807) is 0 Å². The molecule has 1 saturated heterocycles. The number of halogens is 2. The first-order valence-corrected chi connectivity index (χ1v) is 7.44. The average Bonchev–Trinajstić information content (AvgIpc) is 2.75.